The molecule has 2 N–H and O–H groups in total. The third-order valence-electron chi connectivity index (χ3n) is 2.98. The van der Waals surface area contributed by atoms with Gasteiger partial charge in [0.25, 0.3) is 0 Å². The van der Waals surface area contributed by atoms with Gasteiger partial charge in [0.05, 0.1) is 0 Å². The van der Waals surface area contributed by atoms with Crippen molar-refractivity contribution >= 4 is 0 Å². The lowest BCUT2D eigenvalue weighted by molar-refractivity contribution is 0.0442. The average Bonchev–Trinajstić information content (AvgIpc) is 2.49. The first-order valence-electron chi connectivity index (χ1n) is 4.58. The SMILES string of the molecule is OCC1(Cc2ccc[nH]2)CCC1. The topological polar surface area (TPSA) is 36.0 Å². The quantitative estimate of drug-likeness (QED) is 0.703. The average molecular weight is 165 g/mol. The molecule has 2 rings (SSSR count). The van der Waals surface area contributed by atoms with Crippen LogP contribution in [-0.4, -0.2) is 16.7 Å². The van der Waals surface area contributed by atoms with Crippen molar-refractivity contribution in [3.8, 4) is 0 Å². The van der Waals surface area contributed by atoms with E-state index >= 15 is 0 Å². The predicted molar refractivity (Wildman–Crippen MR) is 47.9 cm³/mol. The summed E-state index contributed by atoms with van der Waals surface area (Å²) in [6, 6.07) is 4.11. The van der Waals surface area contributed by atoms with Gasteiger partial charge in [-0.15, -0.1) is 0 Å². The van der Waals surface area contributed by atoms with Gasteiger partial charge in [-0.3, -0.25) is 0 Å². The summed E-state index contributed by atoms with van der Waals surface area (Å²) in [4.78, 5) is 3.18. The van der Waals surface area contributed by atoms with E-state index in [1.165, 1.54) is 25.0 Å². The Morgan fingerprint density at radius 1 is 1.50 bits per heavy atom. The molecule has 0 bridgehead atoms. The van der Waals surface area contributed by atoms with Gasteiger partial charge in [0.1, 0.15) is 0 Å². The van der Waals surface area contributed by atoms with Crippen molar-refractivity contribution in [3.63, 3.8) is 0 Å². The molecule has 1 fully saturated rings. The van der Waals surface area contributed by atoms with Crippen LogP contribution in [0.2, 0.25) is 0 Å². The number of hydrogen-bond acceptors (Lipinski definition) is 1. The van der Waals surface area contributed by atoms with Crippen LogP contribution < -0.4 is 0 Å². The van der Waals surface area contributed by atoms with Gasteiger partial charge in [-0.05, 0) is 36.8 Å². The van der Waals surface area contributed by atoms with Gasteiger partial charge < -0.3 is 10.1 Å². The number of aromatic amines is 1. The second kappa shape index (κ2) is 2.94. The number of rotatable bonds is 3. The molecular formula is C10H15NO. The molecule has 0 amide bonds. The Morgan fingerprint density at radius 2 is 2.33 bits per heavy atom. The largest absolute Gasteiger partial charge is 0.396 e. The highest BCUT2D eigenvalue weighted by Crippen LogP contribution is 2.42. The molecule has 66 valence electrons. The maximum atomic E-state index is 9.22. The Hall–Kier alpha value is -0.760. The molecule has 0 radical (unpaired) electrons. The predicted octanol–water partition coefficient (Wildman–Crippen LogP) is 1.72. The number of H-pyrrole nitrogens is 1. The molecule has 0 aromatic carbocycles. The Bertz CT molecular complexity index is 231. The van der Waals surface area contributed by atoms with E-state index in [1.54, 1.807) is 0 Å². The molecule has 1 heterocycles. The number of aromatic nitrogens is 1. The maximum absolute atomic E-state index is 9.22. The number of hydrogen-bond donors (Lipinski definition) is 2. The van der Waals surface area contributed by atoms with Crippen molar-refractivity contribution in [2.24, 2.45) is 5.41 Å². The van der Waals surface area contributed by atoms with E-state index in [2.05, 4.69) is 11.1 Å². The summed E-state index contributed by atoms with van der Waals surface area (Å²) in [6.07, 6.45) is 6.60. The van der Waals surface area contributed by atoms with Crippen LogP contribution in [0.15, 0.2) is 18.3 Å². The maximum Gasteiger partial charge on any atom is 0.0491 e. The summed E-state index contributed by atoms with van der Waals surface area (Å²) in [5, 5.41) is 9.22. The van der Waals surface area contributed by atoms with Gasteiger partial charge in [-0.1, -0.05) is 6.42 Å². The second-order valence-corrected chi connectivity index (χ2v) is 3.88. The zero-order valence-corrected chi connectivity index (χ0v) is 7.21. The molecular weight excluding hydrogens is 150 g/mol. The summed E-state index contributed by atoms with van der Waals surface area (Å²) in [6.45, 7) is 0.339. The third kappa shape index (κ3) is 1.27. The lowest BCUT2D eigenvalue weighted by atomic mass is 9.67. The minimum atomic E-state index is 0.213. The van der Waals surface area contributed by atoms with E-state index in [0.717, 1.165) is 6.42 Å². The Morgan fingerprint density at radius 3 is 2.75 bits per heavy atom. The van der Waals surface area contributed by atoms with Gasteiger partial charge in [-0.25, -0.2) is 0 Å². The van der Waals surface area contributed by atoms with Crippen LogP contribution in [0.3, 0.4) is 0 Å². The molecule has 0 unspecified atom stereocenters. The van der Waals surface area contributed by atoms with Crippen LogP contribution in [0, 0.1) is 5.41 Å². The first kappa shape index (κ1) is 7.87. The van der Waals surface area contributed by atoms with Gasteiger partial charge >= 0.3 is 0 Å². The van der Waals surface area contributed by atoms with Gasteiger partial charge in [-0.2, -0.15) is 0 Å². The van der Waals surface area contributed by atoms with Gasteiger partial charge in [0.15, 0.2) is 0 Å². The van der Waals surface area contributed by atoms with E-state index in [-0.39, 0.29) is 5.41 Å². The minimum absolute atomic E-state index is 0.213. The molecule has 0 atom stereocenters. The second-order valence-electron chi connectivity index (χ2n) is 3.88. The van der Waals surface area contributed by atoms with Crippen molar-refractivity contribution < 1.29 is 5.11 Å². The molecule has 2 nitrogen and oxygen atoms in total. The van der Waals surface area contributed by atoms with Crippen LogP contribution >= 0.6 is 0 Å². The van der Waals surface area contributed by atoms with Gasteiger partial charge in [0.2, 0.25) is 0 Å². The summed E-state index contributed by atoms with van der Waals surface area (Å²) < 4.78 is 0. The molecule has 0 spiro atoms. The first-order chi connectivity index (χ1) is 5.85. The standard InChI is InChI=1S/C10H15NO/c12-8-10(4-2-5-10)7-9-3-1-6-11-9/h1,3,6,11-12H,2,4-5,7-8H2. The van der Waals surface area contributed by atoms with Crippen molar-refractivity contribution in [1.29, 1.82) is 0 Å². The normalized spacial score (nSPS) is 20.4. The molecule has 1 aromatic heterocycles. The van der Waals surface area contributed by atoms with Crippen LogP contribution in [0.25, 0.3) is 0 Å². The number of aliphatic hydroxyl groups is 1. The summed E-state index contributed by atoms with van der Waals surface area (Å²) in [7, 11) is 0. The molecule has 0 saturated heterocycles. The number of nitrogens with one attached hydrogen (secondary N) is 1. The Kier molecular flexibility index (Phi) is 1.93. The summed E-state index contributed by atoms with van der Waals surface area (Å²) in [5.41, 5.74) is 1.47. The fourth-order valence-electron chi connectivity index (χ4n) is 1.95. The highest BCUT2D eigenvalue weighted by Gasteiger charge is 2.36. The van der Waals surface area contributed by atoms with E-state index in [1.807, 2.05) is 12.3 Å². The zero-order chi connectivity index (χ0) is 8.44. The highest BCUT2D eigenvalue weighted by atomic mass is 16.3. The minimum Gasteiger partial charge on any atom is -0.396 e. The van der Waals surface area contributed by atoms with Gasteiger partial charge in [0, 0.05) is 18.5 Å². The first-order valence-corrected chi connectivity index (χ1v) is 4.58. The van der Waals surface area contributed by atoms with Crippen molar-refractivity contribution in [2.75, 3.05) is 6.61 Å². The lowest BCUT2D eigenvalue weighted by Gasteiger charge is -2.40. The smallest absolute Gasteiger partial charge is 0.0491 e. The fraction of sp³-hybridized carbons (Fsp3) is 0.600. The molecule has 1 aliphatic carbocycles. The zero-order valence-electron chi connectivity index (χ0n) is 7.21. The van der Waals surface area contributed by atoms with Crippen molar-refractivity contribution in [3.05, 3.63) is 24.0 Å². The van der Waals surface area contributed by atoms with E-state index in [9.17, 15) is 5.11 Å². The van der Waals surface area contributed by atoms with Crippen molar-refractivity contribution in [1.82, 2.24) is 4.98 Å². The fourth-order valence-corrected chi connectivity index (χ4v) is 1.95. The molecule has 1 saturated carbocycles. The van der Waals surface area contributed by atoms with Crippen molar-refractivity contribution in [2.45, 2.75) is 25.7 Å². The molecule has 2 heteroatoms. The highest BCUT2D eigenvalue weighted by molar-refractivity contribution is 5.08. The third-order valence-corrected chi connectivity index (χ3v) is 2.98. The lowest BCUT2D eigenvalue weighted by Crippen LogP contribution is -2.35. The van der Waals surface area contributed by atoms with E-state index < -0.39 is 0 Å². The Balaban J connectivity index is 2.01. The molecule has 0 aliphatic heterocycles. The summed E-state index contributed by atoms with van der Waals surface area (Å²) >= 11 is 0. The van der Waals surface area contributed by atoms with Crippen LogP contribution in [0.4, 0.5) is 0 Å². The monoisotopic (exact) mass is 165 g/mol. The van der Waals surface area contributed by atoms with Crippen LogP contribution in [0.1, 0.15) is 25.0 Å². The van der Waals surface area contributed by atoms with E-state index in [0.29, 0.717) is 6.61 Å². The molecule has 1 aliphatic rings. The van der Waals surface area contributed by atoms with Crippen LogP contribution in [-0.2, 0) is 6.42 Å². The summed E-state index contributed by atoms with van der Waals surface area (Å²) in [5.74, 6) is 0. The molecule has 1 aromatic rings. The molecule has 12 heavy (non-hydrogen) atoms. The van der Waals surface area contributed by atoms with Crippen LogP contribution in [0.5, 0.6) is 0 Å². The Labute approximate surface area is 72.6 Å². The van der Waals surface area contributed by atoms with E-state index in [4.69, 9.17) is 0 Å². The number of aliphatic hydroxyl groups excluding tert-OH is 1.